The summed E-state index contributed by atoms with van der Waals surface area (Å²) in [7, 11) is 0. The van der Waals surface area contributed by atoms with E-state index in [9.17, 15) is 0 Å². The Hall–Kier alpha value is -3.00. The molecule has 5 nitrogen and oxygen atoms in total. The van der Waals surface area contributed by atoms with Crippen LogP contribution in [0.4, 0.5) is 0 Å². The SMILES string of the molecule is N#CCCCn1c(Cc2ccccc2)nc2cc3c(cc21)OCO3. The number of hydrogen-bond acceptors (Lipinski definition) is 4. The Morgan fingerprint density at radius 2 is 1.92 bits per heavy atom. The minimum absolute atomic E-state index is 0.257. The number of ether oxygens (including phenoxy) is 2. The molecule has 1 aliphatic rings. The molecule has 3 aromatic rings. The summed E-state index contributed by atoms with van der Waals surface area (Å²) in [5.41, 5.74) is 3.15. The first-order valence-electron chi connectivity index (χ1n) is 8.05. The van der Waals surface area contributed by atoms with Crippen LogP contribution in [0.2, 0.25) is 0 Å². The van der Waals surface area contributed by atoms with Gasteiger partial charge in [0.2, 0.25) is 6.79 Å². The van der Waals surface area contributed by atoms with Crippen molar-refractivity contribution in [1.29, 1.82) is 5.26 Å². The van der Waals surface area contributed by atoms with E-state index < -0.39 is 0 Å². The average molecular weight is 319 g/mol. The molecule has 0 bridgehead atoms. The topological polar surface area (TPSA) is 60.1 Å². The van der Waals surface area contributed by atoms with Gasteiger partial charge < -0.3 is 14.0 Å². The third-order valence-corrected chi connectivity index (χ3v) is 4.20. The molecule has 2 aromatic carbocycles. The molecular weight excluding hydrogens is 302 g/mol. The number of unbranched alkanes of at least 4 members (excludes halogenated alkanes) is 1. The van der Waals surface area contributed by atoms with E-state index in [1.807, 2.05) is 30.3 Å². The number of aromatic nitrogens is 2. The highest BCUT2D eigenvalue weighted by molar-refractivity contribution is 5.81. The van der Waals surface area contributed by atoms with Crippen molar-refractivity contribution in [2.24, 2.45) is 0 Å². The molecule has 120 valence electrons. The standard InChI is InChI=1S/C19H17N3O2/c20-8-4-5-9-22-16-12-18-17(23-13-24-18)11-15(16)21-19(22)10-14-6-2-1-3-7-14/h1-3,6-7,11-12H,4-5,9-10,13H2. The van der Waals surface area contributed by atoms with E-state index in [1.54, 1.807) is 0 Å². The fourth-order valence-corrected chi connectivity index (χ4v) is 3.04. The Labute approximate surface area is 140 Å². The zero-order valence-corrected chi connectivity index (χ0v) is 13.2. The predicted molar refractivity (Wildman–Crippen MR) is 90.0 cm³/mol. The van der Waals surface area contributed by atoms with Crippen molar-refractivity contribution < 1.29 is 9.47 Å². The van der Waals surface area contributed by atoms with Crippen LogP contribution in [0.1, 0.15) is 24.2 Å². The fourth-order valence-electron chi connectivity index (χ4n) is 3.04. The van der Waals surface area contributed by atoms with Gasteiger partial charge in [0.25, 0.3) is 0 Å². The van der Waals surface area contributed by atoms with Gasteiger partial charge in [0.15, 0.2) is 11.5 Å². The molecule has 0 N–H and O–H groups in total. The number of benzene rings is 2. The zero-order chi connectivity index (χ0) is 16.4. The van der Waals surface area contributed by atoms with E-state index in [2.05, 4.69) is 22.8 Å². The van der Waals surface area contributed by atoms with Crippen molar-refractivity contribution in [3.05, 3.63) is 53.9 Å². The lowest BCUT2D eigenvalue weighted by atomic mass is 10.1. The molecule has 2 heterocycles. The van der Waals surface area contributed by atoms with Crippen LogP contribution in [-0.2, 0) is 13.0 Å². The molecule has 0 saturated carbocycles. The summed E-state index contributed by atoms with van der Waals surface area (Å²) in [5, 5.41) is 8.83. The highest BCUT2D eigenvalue weighted by Gasteiger charge is 2.19. The van der Waals surface area contributed by atoms with Crippen LogP contribution in [-0.4, -0.2) is 16.3 Å². The lowest BCUT2D eigenvalue weighted by Gasteiger charge is -2.08. The number of aryl methyl sites for hydroxylation is 1. The van der Waals surface area contributed by atoms with E-state index >= 15 is 0 Å². The number of nitriles is 1. The zero-order valence-electron chi connectivity index (χ0n) is 13.2. The van der Waals surface area contributed by atoms with Crippen molar-refractivity contribution in [3.63, 3.8) is 0 Å². The summed E-state index contributed by atoms with van der Waals surface area (Å²) in [6, 6.07) is 16.4. The summed E-state index contributed by atoms with van der Waals surface area (Å²) in [6.45, 7) is 1.03. The predicted octanol–water partition coefficient (Wildman–Crippen LogP) is 3.66. The lowest BCUT2D eigenvalue weighted by Crippen LogP contribution is -2.05. The van der Waals surface area contributed by atoms with Crippen LogP contribution in [0.3, 0.4) is 0 Å². The van der Waals surface area contributed by atoms with Crippen molar-refractivity contribution >= 4 is 11.0 Å². The Bertz CT molecular complexity index is 910. The van der Waals surface area contributed by atoms with Crippen molar-refractivity contribution in [1.82, 2.24) is 9.55 Å². The maximum Gasteiger partial charge on any atom is 0.231 e. The molecule has 0 unspecified atom stereocenters. The molecule has 1 aliphatic heterocycles. The normalized spacial score (nSPS) is 12.5. The first-order chi connectivity index (χ1) is 11.8. The van der Waals surface area contributed by atoms with Gasteiger partial charge in [-0.15, -0.1) is 0 Å². The number of fused-ring (bicyclic) bond motifs is 2. The molecule has 0 fully saturated rings. The molecule has 0 saturated heterocycles. The Kier molecular flexibility index (Phi) is 3.80. The quantitative estimate of drug-likeness (QED) is 0.673. The molecule has 0 atom stereocenters. The maximum absolute atomic E-state index is 8.83. The molecule has 0 spiro atoms. The highest BCUT2D eigenvalue weighted by atomic mass is 16.7. The smallest absolute Gasteiger partial charge is 0.231 e. The summed E-state index contributed by atoms with van der Waals surface area (Å²) in [4.78, 5) is 4.81. The molecule has 5 heteroatoms. The summed E-state index contributed by atoms with van der Waals surface area (Å²) < 4.78 is 13.2. The summed E-state index contributed by atoms with van der Waals surface area (Å²) >= 11 is 0. The molecule has 4 rings (SSSR count). The number of rotatable bonds is 5. The van der Waals surface area contributed by atoms with Crippen LogP contribution in [0.15, 0.2) is 42.5 Å². The number of imidazole rings is 1. The van der Waals surface area contributed by atoms with Gasteiger partial charge in [0.05, 0.1) is 17.1 Å². The van der Waals surface area contributed by atoms with Gasteiger partial charge in [-0.1, -0.05) is 30.3 Å². The van der Waals surface area contributed by atoms with E-state index in [4.69, 9.17) is 19.7 Å². The first-order valence-corrected chi connectivity index (χ1v) is 8.05. The van der Waals surface area contributed by atoms with Crippen LogP contribution in [0.5, 0.6) is 11.5 Å². The highest BCUT2D eigenvalue weighted by Crippen LogP contribution is 2.36. The summed E-state index contributed by atoms with van der Waals surface area (Å²) in [5.74, 6) is 2.50. The average Bonchev–Trinajstić information content (AvgIpc) is 3.18. The van der Waals surface area contributed by atoms with Crippen molar-refractivity contribution in [2.45, 2.75) is 25.8 Å². The van der Waals surface area contributed by atoms with Gasteiger partial charge in [-0.2, -0.15) is 5.26 Å². The van der Waals surface area contributed by atoms with Gasteiger partial charge in [-0.25, -0.2) is 4.98 Å². The first kappa shape index (κ1) is 14.6. The van der Waals surface area contributed by atoms with Crippen LogP contribution in [0, 0.1) is 11.3 Å². The van der Waals surface area contributed by atoms with Gasteiger partial charge in [0, 0.05) is 31.5 Å². The molecule has 24 heavy (non-hydrogen) atoms. The van der Waals surface area contributed by atoms with Gasteiger partial charge in [-0.05, 0) is 12.0 Å². The van der Waals surface area contributed by atoms with Gasteiger partial charge in [-0.3, -0.25) is 0 Å². The van der Waals surface area contributed by atoms with Crippen molar-refractivity contribution in [3.8, 4) is 17.6 Å². The second-order valence-corrected chi connectivity index (χ2v) is 5.80. The monoisotopic (exact) mass is 319 g/mol. The minimum atomic E-state index is 0.257. The maximum atomic E-state index is 8.83. The third kappa shape index (κ3) is 2.67. The second-order valence-electron chi connectivity index (χ2n) is 5.80. The Morgan fingerprint density at radius 3 is 2.71 bits per heavy atom. The van der Waals surface area contributed by atoms with Crippen LogP contribution in [0.25, 0.3) is 11.0 Å². The molecule has 1 aromatic heterocycles. The van der Waals surface area contributed by atoms with E-state index in [-0.39, 0.29) is 6.79 Å². The van der Waals surface area contributed by atoms with E-state index in [0.717, 1.165) is 47.7 Å². The Balaban J connectivity index is 1.76. The lowest BCUT2D eigenvalue weighted by molar-refractivity contribution is 0.174. The molecule has 0 amide bonds. The molecule has 0 radical (unpaired) electrons. The Morgan fingerprint density at radius 1 is 1.12 bits per heavy atom. The second kappa shape index (κ2) is 6.25. The van der Waals surface area contributed by atoms with Gasteiger partial charge >= 0.3 is 0 Å². The van der Waals surface area contributed by atoms with Crippen molar-refractivity contribution in [2.75, 3.05) is 6.79 Å². The number of nitrogens with zero attached hydrogens (tertiary/aromatic N) is 3. The third-order valence-electron chi connectivity index (χ3n) is 4.20. The largest absolute Gasteiger partial charge is 0.454 e. The summed E-state index contributed by atoms with van der Waals surface area (Å²) in [6.07, 6.45) is 2.10. The van der Waals surface area contributed by atoms with E-state index in [1.165, 1.54) is 5.56 Å². The van der Waals surface area contributed by atoms with E-state index in [0.29, 0.717) is 6.42 Å². The number of hydrogen-bond donors (Lipinski definition) is 0. The van der Waals surface area contributed by atoms with Gasteiger partial charge in [0.1, 0.15) is 5.82 Å². The molecule has 0 aliphatic carbocycles. The fraction of sp³-hybridized carbons (Fsp3) is 0.263. The van der Waals surface area contributed by atoms with Crippen LogP contribution >= 0.6 is 0 Å². The molecular formula is C19H17N3O2. The minimum Gasteiger partial charge on any atom is -0.454 e. The van der Waals surface area contributed by atoms with Crippen LogP contribution < -0.4 is 9.47 Å².